The number of nitrogens with two attached hydrogens (primary N) is 1. The first kappa shape index (κ1) is 12.6. The van der Waals surface area contributed by atoms with Crippen molar-refractivity contribution < 1.29 is 9.84 Å². The number of hydrogen-bond acceptors (Lipinski definition) is 3. The second kappa shape index (κ2) is 5.21. The van der Waals surface area contributed by atoms with E-state index in [1.165, 1.54) is 0 Å². The monoisotopic (exact) mass is 243 g/mol. The van der Waals surface area contributed by atoms with Gasteiger partial charge in [0.2, 0.25) is 0 Å². The van der Waals surface area contributed by atoms with Crippen LogP contribution in [0.15, 0.2) is 54.6 Å². The van der Waals surface area contributed by atoms with Gasteiger partial charge in [-0.1, -0.05) is 30.3 Å². The summed E-state index contributed by atoms with van der Waals surface area (Å²) in [5, 5.41) is 10.1. The Balaban J connectivity index is 2.23. The topological polar surface area (TPSA) is 55.5 Å². The van der Waals surface area contributed by atoms with Crippen molar-refractivity contribution in [3.05, 3.63) is 60.2 Å². The second-order valence-corrected chi connectivity index (χ2v) is 4.42. The summed E-state index contributed by atoms with van der Waals surface area (Å²) in [4.78, 5) is 0. The normalized spacial score (nSPS) is 13.9. The molecule has 1 unspecified atom stereocenters. The first-order valence-electron chi connectivity index (χ1n) is 5.88. The van der Waals surface area contributed by atoms with Gasteiger partial charge < -0.3 is 15.6 Å². The van der Waals surface area contributed by atoms with Gasteiger partial charge in [-0.2, -0.15) is 0 Å². The van der Waals surface area contributed by atoms with Crippen molar-refractivity contribution in [2.45, 2.75) is 12.5 Å². The fourth-order valence-corrected chi connectivity index (χ4v) is 1.64. The molecule has 0 aliphatic carbocycles. The van der Waals surface area contributed by atoms with Gasteiger partial charge in [0, 0.05) is 6.54 Å². The molecule has 18 heavy (non-hydrogen) atoms. The quantitative estimate of drug-likeness (QED) is 0.868. The zero-order valence-corrected chi connectivity index (χ0v) is 10.3. The van der Waals surface area contributed by atoms with Crippen molar-refractivity contribution >= 4 is 0 Å². The lowest BCUT2D eigenvalue weighted by molar-refractivity contribution is 0.0666. The highest BCUT2D eigenvalue weighted by Crippen LogP contribution is 2.26. The SMILES string of the molecule is CC(O)(CN)c1cccc(Oc2ccccc2)c1. The molecule has 3 nitrogen and oxygen atoms in total. The van der Waals surface area contributed by atoms with Crippen LogP contribution in [0.1, 0.15) is 12.5 Å². The Morgan fingerprint density at radius 3 is 2.39 bits per heavy atom. The number of para-hydroxylation sites is 1. The highest BCUT2D eigenvalue weighted by atomic mass is 16.5. The molecule has 0 spiro atoms. The number of benzene rings is 2. The zero-order chi connectivity index (χ0) is 13.0. The van der Waals surface area contributed by atoms with E-state index >= 15 is 0 Å². The van der Waals surface area contributed by atoms with Crippen LogP contribution in [0.5, 0.6) is 11.5 Å². The molecule has 0 saturated carbocycles. The van der Waals surface area contributed by atoms with E-state index in [0.29, 0.717) is 5.75 Å². The summed E-state index contributed by atoms with van der Waals surface area (Å²) in [5.74, 6) is 1.45. The third-order valence-corrected chi connectivity index (χ3v) is 2.83. The minimum Gasteiger partial charge on any atom is -0.457 e. The van der Waals surface area contributed by atoms with Crippen molar-refractivity contribution in [2.75, 3.05) is 6.54 Å². The Bertz CT molecular complexity index is 509. The van der Waals surface area contributed by atoms with Crippen molar-refractivity contribution in [2.24, 2.45) is 5.73 Å². The second-order valence-electron chi connectivity index (χ2n) is 4.42. The van der Waals surface area contributed by atoms with Gasteiger partial charge in [0.1, 0.15) is 11.5 Å². The Morgan fingerprint density at radius 1 is 1.06 bits per heavy atom. The molecule has 0 aromatic heterocycles. The number of aliphatic hydroxyl groups is 1. The highest BCUT2D eigenvalue weighted by molar-refractivity contribution is 5.36. The molecule has 2 aromatic rings. The van der Waals surface area contributed by atoms with Crippen LogP contribution in [-0.2, 0) is 5.60 Å². The van der Waals surface area contributed by atoms with E-state index in [1.54, 1.807) is 13.0 Å². The van der Waals surface area contributed by atoms with Gasteiger partial charge in [-0.15, -0.1) is 0 Å². The predicted octanol–water partition coefficient (Wildman–Crippen LogP) is 2.65. The molecule has 2 rings (SSSR count). The lowest BCUT2D eigenvalue weighted by Gasteiger charge is -2.22. The first-order valence-corrected chi connectivity index (χ1v) is 5.88. The van der Waals surface area contributed by atoms with Gasteiger partial charge >= 0.3 is 0 Å². The summed E-state index contributed by atoms with van der Waals surface area (Å²) in [6.45, 7) is 1.86. The van der Waals surface area contributed by atoms with Crippen LogP contribution in [-0.4, -0.2) is 11.7 Å². The van der Waals surface area contributed by atoms with Crippen LogP contribution in [0.2, 0.25) is 0 Å². The molecule has 0 fully saturated rings. The average Bonchev–Trinajstić information content (AvgIpc) is 2.40. The molecule has 0 aliphatic heterocycles. The van der Waals surface area contributed by atoms with E-state index in [4.69, 9.17) is 10.5 Å². The Kier molecular flexibility index (Phi) is 3.65. The minimum absolute atomic E-state index is 0.168. The molecule has 3 heteroatoms. The van der Waals surface area contributed by atoms with Gasteiger partial charge in [-0.25, -0.2) is 0 Å². The predicted molar refractivity (Wildman–Crippen MR) is 71.6 cm³/mol. The van der Waals surface area contributed by atoms with E-state index in [0.717, 1.165) is 11.3 Å². The smallest absolute Gasteiger partial charge is 0.127 e. The molecule has 0 amide bonds. The lowest BCUT2D eigenvalue weighted by Crippen LogP contribution is -2.31. The third-order valence-electron chi connectivity index (χ3n) is 2.83. The maximum absolute atomic E-state index is 10.1. The third kappa shape index (κ3) is 2.88. The van der Waals surface area contributed by atoms with E-state index in [9.17, 15) is 5.11 Å². The standard InChI is InChI=1S/C15H17NO2/c1-15(17,11-16)12-6-5-9-14(10-12)18-13-7-3-2-4-8-13/h2-10,17H,11,16H2,1H3. The van der Waals surface area contributed by atoms with Crippen LogP contribution in [0.4, 0.5) is 0 Å². The molecule has 94 valence electrons. The van der Waals surface area contributed by atoms with Gasteiger partial charge in [-0.05, 0) is 36.8 Å². The van der Waals surface area contributed by atoms with Crippen molar-refractivity contribution in [1.29, 1.82) is 0 Å². The average molecular weight is 243 g/mol. The van der Waals surface area contributed by atoms with Crippen molar-refractivity contribution in [3.8, 4) is 11.5 Å². The van der Waals surface area contributed by atoms with E-state index in [-0.39, 0.29) is 6.54 Å². The van der Waals surface area contributed by atoms with Crippen LogP contribution in [0, 0.1) is 0 Å². The number of hydrogen-bond donors (Lipinski definition) is 2. The van der Waals surface area contributed by atoms with Crippen molar-refractivity contribution in [1.82, 2.24) is 0 Å². The fourth-order valence-electron chi connectivity index (χ4n) is 1.64. The molecule has 3 N–H and O–H groups in total. The lowest BCUT2D eigenvalue weighted by atomic mass is 9.96. The maximum Gasteiger partial charge on any atom is 0.127 e. The summed E-state index contributed by atoms with van der Waals surface area (Å²) < 4.78 is 5.71. The Labute approximate surface area is 107 Å². The molecular formula is C15H17NO2. The maximum atomic E-state index is 10.1. The molecule has 0 heterocycles. The van der Waals surface area contributed by atoms with Crippen LogP contribution in [0.25, 0.3) is 0 Å². The molecule has 0 saturated heterocycles. The Hall–Kier alpha value is -1.84. The van der Waals surface area contributed by atoms with E-state index in [2.05, 4.69) is 0 Å². The zero-order valence-electron chi connectivity index (χ0n) is 10.3. The van der Waals surface area contributed by atoms with Crippen molar-refractivity contribution in [3.63, 3.8) is 0 Å². The van der Waals surface area contributed by atoms with Crippen LogP contribution < -0.4 is 10.5 Å². The number of ether oxygens (including phenoxy) is 1. The summed E-state index contributed by atoms with van der Waals surface area (Å²) in [5.41, 5.74) is 5.27. The number of rotatable bonds is 4. The van der Waals surface area contributed by atoms with Crippen LogP contribution in [0.3, 0.4) is 0 Å². The molecule has 0 aliphatic rings. The highest BCUT2D eigenvalue weighted by Gasteiger charge is 2.21. The summed E-state index contributed by atoms with van der Waals surface area (Å²) in [6, 6.07) is 16.9. The minimum atomic E-state index is -1.03. The summed E-state index contributed by atoms with van der Waals surface area (Å²) >= 11 is 0. The largest absolute Gasteiger partial charge is 0.457 e. The molecule has 1 atom stereocenters. The van der Waals surface area contributed by atoms with E-state index < -0.39 is 5.60 Å². The van der Waals surface area contributed by atoms with Gasteiger partial charge in [0.25, 0.3) is 0 Å². The van der Waals surface area contributed by atoms with Gasteiger partial charge in [-0.3, -0.25) is 0 Å². The van der Waals surface area contributed by atoms with Gasteiger partial charge in [0.05, 0.1) is 5.60 Å². The molecular weight excluding hydrogens is 226 g/mol. The Morgan fingerprint density at radius 2 is 1.72 bits per heavy atom. The summed E-state index contributed by atoms with van der Waals surface area (Å²) in [6.07, 6.45) is 0. The van der Waals surface area contributed by atoms with Gasteiger partial charge in [0.15, 0.2) is 0 Å². The first-order chi connectivity index (χ1) is 8.62. The molecule has 0 bridgehead atoms. The fraction of sp³-hybridized carbons (Fsp3) is 0.200. The summed E-state index contributed by atoms with van der Waals surface area (Å²) in [7, 11) is 0. The molecule has 2 aromatic carbocycles. The van der Waals surface area contributed by atoms with Crippen LogP contribution >= 0.6 is 0 Å². The van der Waals surface area contributed by atoms with E-state index in [1.807, 2.05) is 48.5 Å². The molecule has 0 radical (unpaired) electrons.